The molecular formula is C25H30N2O4. The van der Waals surface area contributed by atoms with Crippen molar-refractivity contribution in [3.63, 3.8) is 0 Å². The largest absolute Gasteiger partial charge is 0.497 e. The molecule has 2 aromatic rings. The van der Waals surface area contributed by atoms with Gasteiger partial charge < -0.3 is 19.3 Å². The van der Waals surface area contributed by atoms with Crippen molar-refractivity contribution in [2.45, 2.75) is 32.2 Å². The van der Waals surface area contributed by atoms with Gasteiger partial charge in [-0.2, -0.15) is 0 Å². The van der Waals surface area contributed by atoms with Crippen LogP contribution in [0.25, 0.3) is 0 Å². The topological polar surface area (TPSA) is 59.1 Å². The lowest BCUT2D eigenvalue weighted by Gasteiger charge is -2.35. The van der Waals surface area contributed by atoms with Gasteiger partial charge in [0.2, 0.25) is 11.8 Å². The summed E-state index contributed by atoms with van der Waals surface area (Å²) < 4.78 is 10.6. The number of rotatable bonds is 5. The first-order valence-electron chi connectivity index (χ1n) is 10.9. The van der Waals surface area contributed by atoms with E-state index < -0.39 is 5.92 Å². The highest BCUT2D eigenvalue weighted by molar-refractivity contribution is 6.01. The van der Waals surface area contributed by atoms with Crippen LogP contribution in [0, 0.1) is 11.8 Å². The molecule has 0 bridgehead atoms. The molecule has 2 saturated heterocycles. The van der Waals surface area contributed by atoms with Gasteiger partial charge in [0.05, 0.1) is 26.2 Å². The van der Waals surface area contributed by atoms with Crippen molar-refractivity contribution in [1.29, 1.82) is 0 Å². The Labute approximate surface area is 183 Å². The fourth-order valence-corrected chi connectivity index (χ4v) is 4.81. The minimum Gasteiger partial charge on any atom is -0.497 e. The molecule has 6 heteroatoms. The van der Waals surface area contributed by atoms with E-state index in [0.717, 1.165) is 48.7 Å². The molecule has 2 aliphatic rings. The number of carbonyl (C=O) groups is 2. The molecule has 4 rings (SSSR count). The Balaban J connectivity index is 1.70. The third-order valence-electron chi connectivity index (χ3n) is 6.42. The van der Waals surface area contributed by atoms with Gasteiger partial charge in [0, 0.05) is 25.2 Å². The lowest BCUT2D eigenvalue weighted by Crippen LogP contribution is -2.44. The molecule has 31 heavy (non-hydrogen) atoms. The summed E-state index contributed by atoms with van der Waals surface area (Å²) in [5, 5.41) is 0. The van der Waals surface area contributed by atoms with Gasteiger partial charge in [-0.3, -0.25) is 9.59 Å². The van der Waals surface area contributed by atoms with Gasteiger partial charge in [-0.25, -0.2) is 0 Å². The van der Waals surface area contributed by atoms with Gasteiger partial charge in [-0.1, -0.05) is 19.1 Å². The number of methoxy groups -OCH3 is 2. The van der Waals surface area contributed by atoms with Crippen LogP contribution in [0.1, 0.15) is 37.8 Å². The van der Waals surface area contributed by atoms with E-state index in [4.69, 9.17) is 9.47 Å². The summed E-state index contributed by atoms with van der Waals surface area (Å²) in [6.45, 7) is 3.72. The molecule has 164 valence electrons. The van der Waals surface area contributed by atoms with Crippen molar-refractivity contribution in [3.05, 3.63) is 54.1 Å². The minimum absolute atomic E-state index is 0.0330. The normalized spacial score (nSPS) is 23.7. The highest BCUT2D eigenvalue weighted by Gasteiger charge is 2.46. The Hall–Kier alpha value is -3.02. The molecule has 0 spiro atoms. The molecule has 0 aliphatic carbocycles. The molecule has 2 fully saturated rings. The maximum atomic E-state index is 13.6. The van der Waals surface area contributed by atoms with E-state index >= 15 is 0 Å². The number of anilines is 1. The Morgan fingerprint density at radius 1 is 0.968 bits per heavy atom. The van der Waals surface area contributed by atoms with E-state index in [9.17, 15) is 9.59 Å². The highest BCUT2D eigenvalue weighted by atomic mass is 16.5. The van der Waals surface area contributed by atoms with Crippen molar-refractivity contribution in [2.24, 2.45) is 11.8 Å². The van der Waals surface area contributed by atoms with Crippen LogP contribution in [-0.4, -0.2) is 44.0 Å². The fourth-order valence-electron chi connectivity index (χ4n) is 4.81. The lowest BCUT2D eigenvalue weighted by molar-refractivity contribution is -0.138. The molecule has 2 amide bonds. The molecule has 0 N–H and O–H groups in total. The summed E-state index contributed by atoms with van der Waals surface area (Å²) in [4.78, 5) is 30.5. The van der Waals surface area contributed by atoms with Crippen molar-refractivity contribution >= 4 is 17.5 Å². The number of hydrogen-bond donors (Lipinski definition) is 0. The monoisotopic (exact) mass is 422 g/mol. The van der Waals surface area contributed by atoms with Crippen LogP contribution < -0.4 is 14.4 Å². The van der Waals surface area contributed by atoms with Gasteiger partial charge in [-0.05, 0) is 60.7 Å². The minimum atomic E-state index is -0.409. The molecule has 6 nitrogen and oxygen atoms in total. The summed E-state index contributed by atoms with van der Waals surface area (Å²) in [5.41, 5.74) is 1.71. The Bertz CT molecular complexity index is 926. The molecule has 0 aromatic heterocycles. The number of ether oxygens (including phenoxy) is 2. The standard InChI is InChI=1S/C25H30N2O4/c1-17-5-4-14-26(16-17)25(29)22-15-23(28)27(19-8-12-21(31-3)13-9-19)24(22)18-6-10-20(30-2)11-7-18/h6-13,17,22,24H,4-5,14-16H2,1-3H3/t17-,22-,24+/m0/s1. The number of benzene rings is 2. The van der Waals surface area contributed by atoms with Crippen molar-refractivity contribution in [3.8, 4) is 11.5 Å². The van der Waals surface area contributed by atoms with E-state index in [2.05, 4.69) is 6.92 Å². The predicted octanol–water partition coefficient (Wildman–Crippen LogP) is 4.06. The first kappa shape index (κ1) is 21.2. The van der Waals surface area contributed by atoms with Crippen LogP contribution in [-0.2, 0) is 9.59 Å². The fraction of sp³-hybridized carbons (Fsp3) is 0.440. The second-order valence-electron chi connectivity index (χ2n) is 8.52. The maximum Gasteiger partial charge on any atom is 0.228 e. The molecule has 3 atom stereocenters. The molecular weight excluding hydrogens is 392 g/mol. The molecule has 0 saturated carbocycles. The summed E-state index contributed by atoms with van der Waals surface area (Å²) in [6.07, 6.45) is 2.38. The summed E-state index contributed by atoms with van der Waals surface area (Å²) in [7, 11) is 3.24. The molecule has 0 unspecified atom stereocenters. The van der Waals surface area contributed by atoms with Crippen molar-refractivity contribution in [1.82, 2.24) is 4.90 Å². The van der Waals surface area contributed by atoms with E-state index in [-0.39, 0.29) is 24.3 Å². The Morgan fingerprint density at radius 3 is 2.16 bits per heavy atom. The summed E-state index contributed by atoms with van der Waals surface area (Å²) >= 11 is 0. The van der Waals surface area contributed by atoms with Crippen LogP contribution in [0.2, 0.25) is 0 Å². The van der Waals surface area contributed by atoms with Crippen LogP contribution in [0.15, 0.2) is 48.5 Å². The average molecular weight is 423 g/mol. The average Bonchev–Trinajstić information content (AvgIpc) is 3.15. The van der Waals surface area contributed by atoms with E-state index in [1.807, 2.05) is 53.4 Å². The van der Waals surface area contributed by atoms with Gasteiger partial charge in [0.25, 0.3) is 0 Å². The number of nitrogens with zero attached hydrogens (tertiary/aromatic N) is 2. The van der Waals surface area contributed by atoms with Crippen LogP contribution in [0.4, 0.5) is 5.69 Å². The second-order valence-corrected chi connectivity index (χ2v) is 8.52. The second kappa shape index (κ2) is 9.00. The molecule has 2 heterocycles. The van der Waals surface area contributed by atoms with Crippen LogP contribution in [0.5, 0.6) is 11.5 Å². The highest BCUT2D eigenvalue weighted by Crippen LogP contribution is 2.43. The number of piperidine rings is 1. The number of carbonyl (C=O) groups excluding carboxylic acids is 2. The summed E-state index contributed by atoms with van der Waals surface area (Å²) in [6, 6.07) is 14.8. The van der Waals surface area contributed by atoms with Crippen molar-refractivity contribution in [2.75, 3.05) is 32.2 Å². The zero-order valence-electron chi connectivity index (χ0n) is 18.4. The van der Waals surface area contributed by atoms with Crippen molar-refractivity contribution < 1.29 is 19.1 Å². The quantitative estimate of drug-likeness (QED) is 0.729. The van der Waals surface area contributed by atoms with E-state index in [1.54, 1.807) is 19.1 Å². The first-order chi connectivity index (χ1) is 15.0. The molecule has 0 radical (unpaired) electrons. The third-order valence-corrected chi connectivity index (χ3v) is 6.42. The van der Waals surface area contributed by atoms with Gasteiger partial charge >= 0.3 is 0 Å². The number of amides is 2. The van der Waals surface area contributed by atoms with Gasteiger partial charge in [-0.15, -0.1) is 0 Å². The van der Waals surface area contributed by atoms with Gasteiger partial charge in [0.15, 0.2) is 0 Å². The van der Waals surface area contributed by atoms with Crippen LogP contribution >= 0.6 is 0 Å². The van der Waals surface area contributed by atoms with E-state index in [1.165, 1.54) is 0 Å². The smallest absolute Gasteiger partial charge is 0.228 e. The lowest BCUT2D eigenvalue weighted by atomic mass is 9.90. The third kappa shape index (κ3) is 4.24. The van der Waals surface area contributed by atoms with Gasteiger partial charge in [0.1, 0.15) is 11.5 Å². The SMILES string of the molecule is COc1ccc([C@@H]2[C@@H](C(=O)N3CCC[C@H](C)C3)CC(=O)N2c2ccc(OC)cc2)cc1. The molecule has 2 aliphatic heterocycles. The zero-order valence-corrected chi connectivity index (χ0v) is 18.4. The maximum absolute atomic E-state index is 13.6. The Kier molecular flexibility index (Phi) is 6.16. The van der Waals surface area contributed by atoms with E-state index in [0.29, 0.717) is 5.92 Å². The Morgan fingerprint density at radius 2 is 1.58 bits per heavy atom. The predicted molar refractivity (Wildman–Crippen MR) is 119 cm³/mol. The van der Waals surface area contributed by atoms with Crippen LogP contribution in [0.3, 0.4) is 0 Å². The number of hydrogen-bond acceptors (Lipinski definition) is 4. The molecule has 2 aromatic carbocycles. The summed E-state index contributed by atoms with van der Waals surface area (Å²) in [5.74, 6) is 1.61. The number of likely N-dealkylation sites (tertiary alicyclic amines) is 1. The zero-order chi connectivity index (χ0) is 22.0. The first-order valence-corrected chi connectivity index (χ1v) is 10.9.